The fourth-order valence-electron chi connectivity index (χ4n) is 4.68. The van der Waals surface area contributed by atoms with Crippen LogP contribution in [0.5, 0.6) is 0 Å². The van der Waals surface area contributed by atoms with Gasteiger partial charge in [-0.1, -0.05) is 41.4 Å². The first-order valence-corrected chi connectivity index (χ1v) is 12.2. The van der Waals surface area contributed by atoms with Crippen molar-refractivity contribution in [1.82, 2.24) is 4.57 Å². The van der Waals surface area contributed by atoms with Crippen molar-refractivity contribution >= 4 is 44.7 Å². The van der Waals surface area contributed by atoms with Gasteiger partial charge >= 0.3 is 0 Å². The highest BCUT2D eigenvalue weighted by atomic mass is 79.9. The number of nitrogens with zero attached hydrogens (tertiary/aromatic N) is 1. The van der Waals surface area contributed by atoms with E-state index < -0.39 is 0 Å². The summed E-state index contributed by atoms with van der Waals surface area (Å²) in [6, 6.07) is 21.8. The number of carbonyl (C=O) groups excluding carboxylic acids is 1. The van der Waals surface area contributed by atoms with Gasteiger partial charge in [0, 0.05) is 38.5 Å². The Morgan fingerprint density at radius 1 is 0.941 bits per heavy atom. The van der Waals surface area contributed by atoms with E-state index in [0.29, 0.717) is 17.0 Å². The molecule has 0 atom stereocenters. The highest BCUT2D eigenvalue weighted by Crippen LogP contribution is 2.47. The zero-order chi connectivity index (χ0) is 24.0. The molecule has 1 aromatic heterocycles. The number of hydrogen-bond acceptors (Lipinski definition) is 2. The summed E-state index contributed by atoms with van der Waals surface area (Å²) < 4.78 is 16.9. The number of Topliss-reactive ketones (excluding diaryl/α,β-unsaturated/α-hetero) is 1. The molecule has 0 saturated carbocycles. The van der Waals surface area contributed by atoms with Crippen LogP contribution in [0.2, 0.25) is 5.02 Å². The quantitative estimate of drug-likeness (QED) is 0.283. The van der Waals surface area contributed by atoms with Gasteiger partial charge in [0.25, 0.3) is 0 Å². The maximum Gasteiger partial charge on any atom is 0.167 e. The van der Waals surface area contributed by atoms with Gasteiger partial charge in [0.15, 0.2) is 5.78 Å². The maximum absolute atomic E-state index is 13.9. The Bertz CT molecular complexity index is 1370. The second-order valence-corrected chi connectivity index (χ2v) is 10.8. The lowest BCUT2D eigenvalue weighted by molar-refractivity contribution is 0.0912. The minimum atomic E-state index is -0.308. The Kier molecular flexibility index (Phi) is 5.86. The molecule has 3 nitrogen and oxygen atoms in total. The second-order valence-electron chi connectivity index (χ2n) is 9.44. The Balaban J connectivity index is 1.83. The van der Waals surface area contributed by atoms with Crippen LogP contribution in [0.1, 0.15) is 36.3 Å². The summed E-state index contributed by atoms with van der Waals surface area (Å²) in [4.78, 5) is 13.6. The Hall–Kier alpha value is -2.89. The number of carbonyl (C=O) groups is 1. The van der Waals surface area contributed by atoms with Crippen molar-refractivity contribution in [2.24, 2.45) is 5.41 Å². The number of benzene rings is 3. The number of ketones is 1. The molecule has 1 heterocycles. The van der Waals surface area contributed by atoms with Gasteiger partial charge in [-0.25, -0.2) is 4.39 Å². The van der Waals surface area contributed by atoms with E-state index in [1.54, 1.807) is 12.1 Å². The number of halogens is 3. The molecule has 0 radical (unpaired) electrons. The Labute approximate surface area is 211 Å². The molecule has 0 unspecified atom stereocenters. The molecule has 0 amide bonds. The SMILES string of the molecule is CC1(C)CC(=O)c2c(Nc3ccc(Br)cc3)c(-c3ccc(F)cc3)n(-c3ccc(Cl)cc3)c2C1. The van der Waals surface area contributed by atoms with Gasteiger partial charge in [0.05, 0.1) is 16.9 Å². The molecule has 0 fully saturated rings. The topological polar surface area (TPSA) is 34.0 Å². The molecule has 6 heteroatoms. The molecule has 0 bridgehead atoms. The number of nitrogens with one attached hydrogen (secondary N) is 1. The molecule has 34 heavy (non-hydrogen) atoms. The van der Waals surface area contributed by atoms with Gasteiger partial charge in [-0.15, -0.1) is 0 Å². The molecule has 0 spiro atoms. The molecule has 1 N–H and O–H groups in total. The molecule has 1 aliphatic carbocycles. The fraction of sp³-hybridized carbons (Fsp3) is 0.179. The van der Waals surface area contributed by atoms with Crippen LogP contribution >= 0.6 is 27.5 Å². The third kappa shape index (κ3) is 4.30. The van der Waals surface area contributed by atoms with Crippen LogP contribution in [0.4, 0.5) is 15.8 Å². The number of anilines is 2. The molecule has 0 saturated heterocycles. The van der Waals surface area contributed by atoms with Gasteiger partial charge in [-0.3, -0.25) is 4.79 Å². The summed E-state index contributed by atoms with van der Waals surface area (Å²) in [5.74, 6) is -0.209. The average molecular weight is 538 g/mol. The zero-order valence-corrected chi connectivity index (χ0v) is 21.2. The van der Waals surface area contributed by atoms with Crippen molar-refractivity contribution < 1.29 is 9.18 Å². The van der Waals surface area contributed by atoms with E-state index in [4.69, 9.17) is 11.6 Å². The van der Waals surface area contributed by atoms with Crippen molar-refractivity contribution in [2.75, 3.05) is 5.32 Å². The van der Waals surface area contributed by atoms with Gasteiger partial charge in [-0.05, 0) is 84.6 Å². The van der Waals surface area contributed by atoms with Crippen LogP contribution in [0.25, 0.3) is 16.9 Å². The molecule has 5 rings (SSSR count). The number of hydrogen-bond donors (Lipinski definition) is 1. The monoisotopic (exact) mass is 536 g/mol. The largest absolute Gasteiger partial charge is 0.353 e. The second kappa shape index (κ2) is 8.71. The molecule has 4 aromatic rings. The highest BCUT2D eigenvalue weighted by molar-refractivity contribution is 9.10. The fourth-order valence-corrected chi connectivity index (χ4v) is 5.07. The van der Waals surface area contributed by atoms with Crippen molar-refractivity contribution in [1.29, 1.82) is 0 Å². The molecule has 172 valence electrons. The van der Waals surface area contributed by atoms with Crippen molar-refractivity contribution in [3.63, 3.8) is 0 Å². The maximum atomic E-state index is 13.9. The smallest absolute Gasteiger partial charge is 0.167 e. The predicted molar refractivity (Wildman–Crippen MR) is 140 cm³/mol. The van der Waals surface area contributed by atoms with E-state index in [9.17, 15) is 9.18 Å². The lowest BCUT2D eigenvalue weighted by atomic mass is 9.76. The van der Waals surface area contributed by atoms with Crippen LogP contribution in [-0.2, 0) is 6.42 Å². The molecule has 1 aliphatic rings. The summed E-state index contributed by atoms with van der Waals surface area (Å²) in [5, 5.41) is 4.15. The van der Waals surface area contributed by atoms with E-state index in [1.165, 1.54) is 12.1 Å². The summed E-state index contributed by atoms with van der Waals surface area (Å²) >= 11 is 9.67. The lowest BCUT2D eigenvalue weighted by Gasteiger charge is -2.30. The van der Waals surface area contributed by atoms with Crippen LogP contribution in [0.15, 0.2) is 77.3 Å². The van der Waals surface area contributed by atoms with E-state index in [1.807, 2.05) is 48.5 Å². The van der Waals surface area contributed by atoms with Crippen LogP contribution in [0, 0.1) is 11.2 Å². The third-order valence-electron chi connectivity index (χ3n) is 6.15. The first kappa shape index (κ1) is 22.9. The van der Waals surface area contributed by atoms with Gasteiger partial charge in [0.2, 0.25) is 0 Å². The average Bonchev–Trinajstić information content (AvgIpc) is 3.09. The van der Waals surface area contributed by atoms with Gasteiger partial charge in [-0.2, -0.15) is 0 Å². The minimum absolute atomic E-state index is 0.0990. The molecular formula is C28H23BrClFN2O. The number of fused-ring (bicyclic) bond motifs is 1. The molecule has 0 aliphatic heterocycles. The molecule has 3 aromatic carbocycles. The summed E-state index contributed by atoms with van der Waals surface area (Å²) in [6.45, 7) is 4.23. The number of aromatic nitrogens is 1. The standard InChI is InChI=1S/C28H23BrClFN2O/c1-28(2)15-23-25(24(34)16-28)26(32-21-11-5-18(29)6-12-21)27(17-3-9-20(31)10-4-17)33(23)22-13-7-19(30)8-14-22/h3-14,32H,15-16H2,1-2H3. The van der Waals surface area contributed by atoms with Gasteiger partial charge in [0.1, 0.15) is 5.82 Å². The summed E-state index contributed by atoms with van der Waals surface area (Å²) in [7, 11) is 0. The van der Waals surface area contributed by atoms with E-state index >= 15 is 0 Å². The Morgan fingerprint density at radius 3 is 2.24 bits per heavy atom. The third-order valence-corrected chi connectivity index (χ3v) is 6.93. The van der Waals surface area contributed by atoms with Crippen LogP contribution < -0.4 is 5.32 Å². The normalized spacial score (nSPS) is 14.7. The lowest BCUT2D eigenvalue weighted by Crippen LogP contribution is -2.28. The van der Waals surface area contributed by atoms with E-state index in [0.717, 1.165) is 44.9 Å². The summed E-state index contributed by atoms with van der Waals surface area (Å²) in [6.07, 6.45) is 1.19. The zero-order valence-electron chi connectivity index (χ0n) is 18.8. The minimum Gasteiger partial charge on any atom is -0.353 e. The van der Waals surface area contributed by atoms with E-state index in [2.05, 4.69) is 39.7 Å². The Morgan fingerprint density at radius 2 is 1.59 bits per heavy atom. The van der Waals surface area contributed by atoms with Crippen LogP contribution in [-0.4, -0.2) is 10.4 Å². The highest BCUT2D eigenvalue weighted by Gasteiger charge is 2.38. The first-order chi connectivity index (χ1) is 16.2. The predicted octanol–water partition coefficient (Wildman–Crippen LogP) is 8.60. The van der Waals surface area contributed by atoms with Crippen molar-refractivity contribution in [3.8, 4) is 16.9 Å². The van der Waals surface area contributed by atoms with Gasteiger partial charge < -0.3 is 9.88 Å². The summed E-state index contributed by atoms with van der Waals surface area (Å²) in [5.41, 5.74) is 5.59. The van der Waals surface area contributed by atoms with Crippen LogP contribution in [0.3, 0.4) is 0 Å². The number of rotatable bonds is 4. The van der Waals surface area contributed by atoms with E-state index in [-0.39, 0.29) is 17.0 Å². The first-order valence-electron chi connectivity index (χ1n) is 11.1. The molecular weight excluding hydrogens is 515 g/mol. The van der Waals surface area contributed by atoms with Crippen molar-refractivity contribution in [2.45, 2.75) is 26.7 Å². The van der Waals surface area contributed by atoms with Crippen molar-refractivity contribution in [3.05, 3.63) is 99.4 Å².